The highest BCUT2D eigenvalue weighted by molar-refractivity contribution is 5.83. The van der Waals surface area contributed by atoms with Crippen LogP contribution in [0.5, 0.6) is 0 Å². The summed E-state index contributed by atoms with van der Waals surface area (Å²) in [4.78, 5) is 4.34. The molecular weight excluding hydrogens is 208 g/mol. The number of aromatic nitrogens is 1. The molecule has 1 radical (unpaired) electrons. The van der Waals surface area contributed by atoms with Gasteiger partial charge in [-0.2, -0.15) is 0 Å². The summed E-state index contributed by atoms with van der Waals surface area (Å²) in [6.07, 6.45) is 1.86. The van der Waals surface area contributed by atoms with Crippen LogP contribution in [0.2, 0.25) is 0 Å². The summed E-state index contributed by atoms with van der Waals surface area (Å²) in [7, 11) is 0. The number of para-hydroxylation sites is 1. The van der Waals surface area contributed by atoms with Crippen molar-refractivity contribution in [3.8, 4) is 0 Å². The van der Waals surface area contributed by atoms with Crippen LogP contribution >= 0.6 is 0 Å². The molecule has 1 heterocycles. The van der Waals surface area contributed by atoms with Gasteiger partial charge in [-0.05, 0) is 23.6 Å². The lowest BCUT2D eigenvalue weighted by Gasteiger charge is -2.03. The maximum atomic E-state index is 4.48. The highest BCUT2D eigenvalue weighted by Gasteiger charge is 1.99. The molecule has 3 rings (SSSR count). The largest absolute Gasteiger partial charge is 0.237 e. The fourth-order valence-electron chi connectivity index (χ4n) is 1.77. The van der Waals surface area contributed by atoms with Gasteiger partial charge in [-0.3, -0.25) is 0 Å². The number of hydrogen-bond acceptors (Lipinski definition) is 1. The van der Waals surface area contributed by atoms with E-state index in [1.54, 1.807) is 0 Å². The van der Waals surface area contributed by atoms with E-state index in [1.807, 2.05) is 54.7 Å². The van der Waals surface area contributed by atoms with E-state index in [1.165, 1.54) is 0 Å². The average molecular weight is 219 g/mol. The SMILES string of the molecule is c1ccc([N]c2cc3ccccc3cn2)cc1. The fourth-order valence-corrected chi connectivity index (χ4v) is 1.77. The highest BCUT2D eigenvalue weighted by Crippen LogP contribution is 2.19. The Morgan fingerprint density at radius 1 is 0.765 bits per heavy atom. The van der Waals surface area contributed by atoms with Crippen LogP contribution in [0.1, 0.15) is 0 Å². The molecule has 2 nitrogen and oxygen atoms in total. The number of fused-ring (bicyclic) bond motifs is 1. The van der Waals surface area contributed by atoms with Crippen LogP contribution in [0.15, 0.2) is 66.9 Å². The summed E-state index contributed by atoms with van der Waals surface area (Å²) < 4.78 is 0. The van der Waals surface area contributed by atoms with E-state index in [0.29, 0.717) is 0 Å². The Morgan fingerprint density at radius 2 is 1.47 bits per heavy atom. The fraction of sp³-hybridized carbons (Fsp3) is 0. The minimum atomic E-state index is 0.745. The van der Waals surface area contributed by atoms with Crippen molar-refractivity contribution in [2.24, 2.45) is 0 Å². The molecule has 81 valence electrons. The van der Waals surface area contributed by atoms with E-state index in [9.17, 15) is 0 Å². The molecule has 1 aromatic heterocycles. The molecule has 0 unspecified atom stereocenters. The first-order valence-electron chi connectivity index (χ1n) is 5.53. The lowest BCUT2D eigenvalue weighted by atomic mass is 10.2. The van der Waals surface area contributed by atoms with Crippen molar-refractivity contribution in [3.63, 3.8) is 0 Å². The Labute approximate surface area is 99.9 Å². The van der Waals surface area contributed by atoms with E-state index < -0.39 is 0 Å². The molecule has 0 saturated carbocycles. The summed E-state index contributed by atoms with van der Waals surface area (Å²) in [5.41, 5.74) is 0.926. The van der Waals surface area contributed by atoms with Gasteiger partial charge in [0.25, 0.3) is 0 Å². The lowest BCUT2D eigenvalue weighted by molar-refractivity contribution is 1.11. The zero-order chi connectivity index (χ0) is 11.5. The lowest BCUT2D eigenvalue weighted by Crippen LogP contribution is -1.91. The Kier molecular flexibility index (Phi) is 2.47. The number of hydrogen-bond donors (Lipinski definition) is 0. The van der Waals surface area contributed by atoms with Crippen LogP contribution in [0.25, 0.3) is 10.8 Å². The minimum Gasteiger partial charge on any atom is -0.237 e. The third-order valence-electron chi connectivity index (χ3n) is 2.62. The summed E-state index contributed by atoms with van der Waals surface area (Å²) in [6, 6.07) is 20.0. The molecule has 0 aliphatic rings. The van der Waals surface area contributed by atoms with Gasteiger partial charge < -0.3 is 0 Å². The van der Waals surface area contributed by atoms with Gasteiger partial charge in [-0.15, -0.1) is 0 Å². The van der Waals surface area contributed by atoms with Crippen molar-refractivity contribution < 1.29 is 0 Å². The first-order valence-corrected chi connectivity index (χ1v) is 5.53. The molecule has 0 saturated heterocycles. The third-order valence-corrected chi connectivity index (χ3v) is 2.62. The van der Waals surface area contributed by atoms with E-state index in [-0.39, 0.29) is 0 Å². The summed E-state index contributed by atoms with van der Waals surface area (Å²) in [6.45, 7) is 0. The molecule has 3 aromatic rings. The molecule has 0 N–H and O–H groups in total. The quantitative estimate of drug-likeness (QED) is 0.644. The van der Waals surface area contributed by atoms with Crippen LogP contribution in [0.4, 0.5) is 11.5 Å². The Balaban J connectivity index is 1.96. The standard InChI is InChI=1S/C15H11N2/c1-2-8-14(9-3-1)17-15-10-12-6-4-5-7-13(12)11-16-15/h1-11H. The molecule has 0 aliphatic heterocycles. The predicted octanol–water partition coefficient (Wildman–Crippen LogP) is 3.80. The van der Waals surface area contributed by atoms with E-state index in [0.717, 1.165) is 22.3 Å². The molecule has 0 atom stereocenters. The van der Waals surface area contributed by atoms with Crippen LogP contribution < -0.4 is 5.32 Å². The van der Waals surface area contributed by atoms with Gasteiger partial charge in [0.05, 0.1) is 5.69 Å². The van der Waals surface area contributed by atoms with Crippen molar-refractivity contribution >= 4 is 22.3 Å². The monoisotopic (exact) mass is 219 g/mol. The Bertz CT molecular complexity index is 633. The van der Waals surface area contributed by atoms with Gasteiger partial charge in [-0.1, -0.05) is 42.5 Å². The first-order chi connectivity index (χ1) is 8.42. The van der Waals surface area contributed by atoms with Crippen LogP contribution in [-0.4, -0.2) is 4.98 Å². The predicted molar refractivity (Wildman–Crippen MR) is 69.6 cm³/mol. The number of rotatable bonds is 2. The normalized spacial score (nSPS) is 10.4. The average Bonchev–Trinajstić information content (AvgIpc) is 2.40. The van der Waals surface area contributed by atoms with Gasteiger partial charge in [0.15, 0.2) is 5.82 Å². The summed E-state index contributed by atoms with van der Waals surface area (Å²) >= 11 is 0. The molecule has 0 fully saturated rings. The molecule has 0 amide bonds. The smallest absolute Gasteiger partial charge is 0.153 e. The van der Waals surface area contributed by atoms with Crippen LogP contribution in [-0.2, 0) is 0 Å². The zero-order valence-corrected chi connectivity index (χ0v) is 9.25. The van der Waals surface area contributed by atoms with Crippen molar-refractivity contribution in [1.82, 2.24) is 10.3 Å². The molecule has 2 aromatic carbocycles. The highest BCUT2D eigenvalue weighted by atomic mass is 15.0. The van der Waals surface area contributed by atoms with Gasteiger partial charge in [0.2, 0.25) is 0 Å². The van der Waals surface area contributed by atoms with E-state index in [2.05, 4.69) is 22.4 Å². The van der Waals surface area contributed by atoms with Crippen LogP contribution in [0, 0.1) is 0 Å². The molecule has 0 bridgehead atoms. The maximum absolute atomic E-state index is 4.48. The van der Waals surface area contributed by atoms with Crippen molar-refractivity contribution in [2.75, 3.05) is 0 Å². The molecule has 2 heteroatoms. The second kappa shape index (κ2) is 4.26. The number of nitrogens with zero attached hydrogens (tertiary/aromatic N) is 2. The molecule has 17 heavy (non-hydrogen) atoms. The number of pyridine rings is 1. The van der Waals surface area contributed by atoms with Crippen LogP contribution in [0.3, 0.4) is 0 Å². The van der Waals surface area contributed by atoms with Crippen molar-refractivity contribution in [1.29, 1.82) is 0 Å². The van der Waals surface area contributed by atoms with Gasteiger partial charge in [0, 0.05) is 11.6 Å². The van der Waals surface area contributed by atoms with Gasteiger partial charge >= 0.3 is 0 Å². The first kappa shape index (κ1) is 9.85. The Hall–Kier alpha value is -2.35. The molecular formula is C15H11N2. The maximum Gasteiger partial charge on any atom is 0.153 e. The summed E-state index contributed by atoms with van der Waals surface area (Å²) in [5, 5.41) is 6.78. The molecule has 0 spiro atoms. The van der Waals surface area contributed by atoms with E-state index in [4.69, 9.17) is 0 Å². The minimum absolute atomic E-state index is 0.745. The van der Waals surface area contributed by atoms with Gasteiger partial charge in [0.1, 0.15) is 0 Å². The third kappa shape index (κ3) is 2.11. The second-order valence-electron chi connectivity index (χ2n) is 3.84. The number of benzene rings is 2. The van der Waals surface area contributed by atoms with Crippen molar-refractivity contribution in [2.45, 2.75) is 0 Å². The topological polar surface area (TPSA) is 27.0 Å². The molecule has 0 aliphatic carbocycles. The Morgan fingerprint density at radius 3 is 2.29 bits per heavy atom. The van der Waals surface area contributed by atoms with Crippen molar-refractivity contribution in [3.05, 3.63) is 66.9 Å². The van der Waals surface area contributed by atoms with Gasteiger partial charge in [-0.25, -0.2) is 10.3 Å². The summed E-state index contributed by atoms with van der Waals surface area (Å²) in [5.74, 6) is 0.745. The van der Waals surface area contributed by atoms with E-state index >= 15 is 0 Å². The zero-order valence-electron chi connectivity index (χ0n) is 9.25. The second-order valence-corrected chi connectivity index (χ2v) is 3.84.